The molecule has 2 aliphatic rings. The number of likely N-dealkylation sites (N-methyl/N-ethyl adjacent to an activating group) is 1. The summed E-state index contributed by atoms with van der Waals surface area (Å²) in [6.07, 6.45) is 5.45. The molecule has 0 amide bonds. The number of hydrogen-bond acceptors (Lipinski definition) is 3. The van der Waals surface area contributed by atoms with Crippen LogP contribution in [0.25, 0.3) is 0 Å². The van der Waals surface area contributed by atoms with E-state index in [1.165, 1.54) is 32.2 Å². The highest BCUT2D eigenvalue weighted by atomic mass is 15.2. The first kappa shape index (κ1) is 10.9. The fourth-order valence-corrected chi connectivity index (χ4v) is 1.99. The smallest absolute Gasteiger partial charge is 0.116 e. The molecule has 1 N–H and O–H groups in total. The molecule has 0 aliphatic heterocycles. The van der Waals surface area contributed by atoms with Gasteiger partial charge in [-0.05, 0) is 45.6 Å². The maximum absolute atomic E-state index is 9.15. The third kappa shape index (κ3) is 2.93. The van der Waals surface area contributed by atoms with E-state index in [4.69, 9.17) is 5.26 Å². The summed E-state index contributed by atoms with van der Waals surface area (Å²) >= 11 is 0. The number of rotatable bonds is 6. The van der Waals surface area contributed by atoms with Gasteiger partial charge in [0.1, 0.15) is 5.54 Å². The van der Waals surface area contributed by atoms with Crippen LogP contribution in [0.15, 0.2) is 0 Å². The Balaban J connectivity index is 1.89. The molecule has 1 atom stereocenters. The van der Waals surface area contributed by atoms with Gasteiger partial charge in [0.25, 0.3) is 0 Å². The summed E-state index contributed by atoms with van der Waals surface area (Å²) in [6.45, 7) is 4.08. The number of hydrogen-bond donors (Lipinski definition) is 1. The topological polar surface area (TPSA) is 39.1 Å². The summed E-state index contributed by atoms with van der Waals surface area (Å²) in [4.78, 5) is 2.53. The lowest BCUT2D eigenvalue weighted by molar-refractivity contribution is 0.208. The summed E-state index contributed by atoms with van der Waals surface area (Å²) in [5.74, 6) is 0.922. The summed E-state index contributed by atoms with van der Waals surface area (Å²) in [5, 5.41) is 12.3. The Morgan fingerprint density at radius 2 is 2.07 bits per heavy atom. The number of nitrogens with zero attached hydrogens (tertiary/aromatic N) is 2. The van der Waals surface area contributed by atoms with Crippen LogP contribution in [-0.2, 0) is 0 Å². The van der Waals surface area contributed by atoms with Gasteiger partial charge in [0.05, 0.1) is 6.07 Å². The van der Waals surface area contributed by atoms with Crippen LogP contribution in [0.1, 0.15) is 32.6 Å². The molecular formula is C12H21N3. The largest absolute Gasteiger partial charge is 0.302 e. The molecule has 0 aromatic carbocycles. The number of nitrogens with one attached hydrogen (secondary N) is 1. The van der Waals surface area contributed by atoms with Crippen molar-refractivity contribution in [1.29, 1.82) is 5.26 Å². The highest BCUT2D eigenvalue weighted by Gasteiger charge is 2.37. The maximum atomic E-state index is 9.15. The van der Waals surface area contributed by atoms with Gasteiger partial charge in [-0.25, -0.2) is 0 Å². The van der Waals surface area contributed by atoms with Gasteiger partial charge in [0.15, 0.2) is 0 Å². The van der Waals surface area contributed by atoms with E-state index < -0.39 is 0 Å². The van der Waals surface area contributed by atoms with Crippen molar-refractivity contribution in [3.8, 4) is 6.07 Å². The fourth-order valence-electron chi connectivity index (χ4n) is 1.99. The van der Waals surface area contributed by atoms with Gasteiger partial charge in [-0.2, -0.15) is 5.26 Å². The van der Waals surface area contributed by atoms with E-state index in [9.17, 15) is 0 Å². The van der Waals surface area contributed by atoms with Gasteiger partial charge in [0.2, 0.25) is 0 Å². The van der Waals surface area contributed by atoms with Crippen LogP contribution in [-0.4, -0.2) is 36.6 Å². The second-order valence-corrected chi connectivity index (χ2v) is 5.30. The molecule has 3 heteroatoms. The van der Waals surface area contributed by atoms with Crippen molar-refractivity contribution in [3.63, 3.8) is 0 Å². The van der Waals surface area contributed by atoms with Crippen molar-refractivity contribution in [2.24, 2.45) is 5.92 Å². The van der Waals surface area contributed by atoms with E-state index in [-0.39, 0.29) is 5.54 Å². The molecule has 2 rings (SSSR count). The summed E-state index contributed by atoms with van der Waals surface area (Å²) in [7, 11) is 1.88. The maximum Gasteiger partial charge on any atom is 0.116 e. The molecule has 2 fully saturated rings. The lowest BCUT2D eigenvalue weighted by atomic mass is 10.0. The minimum atomic E-state index is -0.377. The molecule has 0 aromatic heterocycles. The first-order valence-corrected chi connectivity index (χ1v) is 6.01. The molecule has 2 saturated carbocycles. The zero-order valence-electron chi connectivity index (χ0n) is 9.79. The molecule has 84 valence electrons. The van der Waals surface area contributed by atoms with Crippen molar-refractivity contribution in [1.82, 2.24) is 10.2 Å². The van der Waals surface area contributed by atoms with E-state index in [1.54, 1.807) is 0 Å². The minimum absolute atomic E-state index is 0.377. The van der Waals surface area contributed by atoms with Crippen molar-refractivity contribution in [2.45, 2.75) is 44.2 Å². The zero-order chi connectivity index (χ0) is 10.9. The molecule has 0 aromatic rings. The van der Waals surface area contributed by atoms with Crippen LogP contribution in [0.3, 0.4) is 0 Å². The van der Waals surface area contributed by atoms with Gasteiger partial charge >= 0.3 is 0 Å². The van der Waals surface area contributed by atoms with Crippen LogP contribution in [0, 0.1) is 17.2 Å². The van der Waals surface area contributed by atoms with Crippen molar-refractivity contribution < 1.29 is 0 Å². The van der Waals surface area contributed by atoms with Crippen molar-refractivity contribution in [2.75, 3.05) is 20.1 Å². The molecule has 0 bridgehead atoms. The van der Waals surface area contributed by atoms with Crippen LogP contribution in [0.5, 0.6) is 0 Å². The molecule has 0 heterocycles. The van der Waals surface area contributed by atoms with Gasteiger partial charge in [-0.1, -0.05) is 0 Å². The minimum Gasteiger partial charge on any atom is -0.302 e. The SMILES string of the molecule is CNC(C)(C#N)CN(CC1CC1)C1CC1. The Morgan fingerprint density at radius 1 is 1.40 bits per heavy atom. The quantitative estimate of drug-likeness (QED) is 0.715. The molecule has 3 nitrogen and oxygen atoms in total. The second-order valence-electron chi connectivity index (χ2n) is 5.30. The Labute approximate surface area is 92.4 Å². The standard InChI is InChI=1S/C12H21N3/c1-12(8-13,14-2)9-15(11-5-6-11)7-10-3-4-10/h10-11,14H,3-7,9H2,1-2H3. The summed E-state index contributed by atoms with van der Waals surface area (Å²) in [5.41, 5.74) is -0.377. The normalized spacial score (nSPS) is 24.9. The first-order valence-electron chi connectivity index (χ1n) is 6.01. The van der Waals surface area contributed by atoms with Gasteiger partial charge < -0.3 is 5.32 Å². The Bertz CT molecular complexity index is 263. The Morgan fingerprint density at radius 3 is 2.47 bits per heavy atom. The van der Waals surface area contributed by atoms with Crippen molar-refractivity contribution in [3.05, 3.63) is 0 Å². The van der Waals surface area contributed by atoms with Gasteiger partial charge in [-0.15, -0.1) is 0 Å². The highest BCUT2D eigenvalue weighted by molar-refractivity contribution is 5.06. The highest BCUT2D eigenvalue weighted by Crippen LogP contribution is 2.35. The van der Waals surface area contributed by atoms with Crippen LogP contribution < -0.4 is 5.32 Å². The molecule has 0 radical (unpaired) electrons. The van der Waals surface area contributed by atoms with E-state index >= 15 is 0 Å². The third-order valence-corrected chi connectivity index (χ3v) is 3.57. The monoisotopic (exact) mass is 207 g/mol. The Hall–Kier alpha value is -0.590. The lowest BCUT2D eigenvalue weighted by Crippen LogP contribution is -2.50. The van der Waals surface area contributed by atoms with Gasteiger partial charge in [0, 0.05) is 19.1 Å². The third-order valence-electron chi connectivity index (χ3n) is 3.57. The predicted molar refractivity (Wildman–Crippen MR) is 60.4 cm³/mol. The summed E-state index contributed by atoms with van der Waals surface area (Å²) in [6, 6.07) is 3.15. The number of nitriles is 1. The summed E-state index contributed by atoms with van der Waals surface area (Å²) < 4.78 is 0. The van der Waals surface area contributed by atoms with Crippen LogP contribution in [0.2, 0.25) is 0 Å². The molecular weight excluding hydrogens is 186 g/mol. The zero-order valence-corrected chi connectivity index (χ0v) is 9.79. The average molecular weight is 207 g/mol. The fraction of sp³-hybridized carbons (Fsp3) is 0.917. The first-order chi connectivity index (χ1) is 7.17. The molecule has 2 aliphatic carbocycles. The van der Waals surface area contributed by atoms with Crippen molar-refractivity contribution >= 4 is 0 Å². The van der Waals surface area contributed by atoms with E-state index in [2.05, 4.69) is 16.3 Å². The molecule has 0 saturated heterocycles. The lowest BCUT2D eigenvalue weighted by Gasteiger charge is -2.30. The Kier molecular flexibility index (Phi) is 2.99. The van der Waals surface area contributed by atoms with E-state index in [0.29, 0.717) is 0 Å². The van der Waals surface area contributed by atoms with Crippen LogP contribution in [0.4, 0.5) is 0 Å². The average Bonchev–Trinajstić information content (AvgIpc) is 3.07. The van der Waals surface area contributed by atoms with E-state index in [1.807, 2.05) is 14.0 Å². The van der Waals surface area contributed by atoms with E-state index in [0.717, 1.165) is 18.5 Å². The predicted octanol–water partition coefficient (Wildman–Crippen LogP) is 1.36. The molecule has 1 unspecified atom stereocenters. The van der Waals surface area contributed by atoms with Crippen LogP contribution >= 0.6 is 0 Å². The second kappa shape index (κ2) is 4.11. The van der Waals surface area contributed by atoms with Gasteiger partial charge in [-0.3, -0.25) is 4.90 Å². The molecule has 0 spiro atoms. The molecule has 15 heavy (non-hydrogen) atoms.